The molecule has 1 fully saturated rings. The molecule has 0 amide bonds. The van der Waals surface area contributed by atoms with E-state index < -0.39 is 0 Å². The maximum Gasteiger partial charge on any atom is 0.246 e. The highest BCUT2D eigenvalue weighted by molar-refractivity contribution is 7.98. The number of nitrogens with two attached hydrogens (primary N) is 1. The largest absolute Gasteiger partial charge is 0.337 e. The van der Waals surface area contributed by atoms with Crippen molar-refractivity contribution in [3.8, 4) is 0 Å². The van der Waals surface area contributed by atoms with Crippen LogP contribution in [0.4, 0.5) is 0 Å². The number of hydrogen-bond donors (Lipinski definition) is 1. The SMILES string of the molecule is CCCSCc1noc(C2(N)CCC2)n1. The first kappa shape index (κ1) is 11.0. The zero-order valence-electron chi connectivity index (χ0n) is 9.03. The van der Waals surface area contributed by atoms with E-state index in [1.54, 1.807) is 0 Å². The minimum atomic E-state index is -0.319. The molecule has 0 saturated heterocycles. The van der Waals surface area contributed by atoms with Gasteiger partial charge >= 0.3 is 0 Å². The second-order valence-corrected chi connectivity index (χ2v) is 5.18. The van der Waals surface area contributed by atoms with E-state index in [1.807, 2.05) is 11.8 Å². The fourth-order valence-corrected chi connectivity index (χ4v) is 2.33. The van der Waals surface area contributed by atoms with Crippen LogP contribution in [0.2, 0.25) is 0 Å². The van der Waals surface area contributed by atoms with Crippen molar-refractivity contribution in [2.75, 3.05) is 5.75 Å². The Morgan fingerprint density at radius 2 is 2.33 bits per heavy atom. The molecule has 1 saturated carbocycles. The summed E-state index contributed by atoms with van der Waals surface area (Å²) in [5, 5.41) is 3.95. The van der Waals surface area contributed by atoms with Crippen LogP contribution in [0, 0.1) is 0 Å². The molecule has 0 radical (unpaired) electrons. The fourth-order valence-electron chi connectivity index (χ4n) is 1.59. The van der Waals surface area contributed by atoms with Crippen molar-refractivity contribution in [2.45, 2.75) is 43.9 Å². The fraction of sp³-hybridized carbons (Fsp3) is 0.800. The van der Waals surface area contributed by atoms with Crippen LogP contribution < -0.4 is 5.73 Å². The Morgan fingerprint density at radius 1 is 1.53 bits per heavy atom. The second-order valence-electron chi connectivity index (χ2n) is 4.08. The lowest BCUT2D eigenvalue weighted by atomic mass is 9.78. The van der Waals surface area contributed by atoms with Crippen molar-refractivity contribution >= 4 is 11.8 Å². The summed E-state index contributed by atoms with van der Waals surface area (Å²) in [6.07, 6.45) is 4.28. The van der Waals surface area contributed by atoms with Gasteiger partial charge in [-0.2, -0.15) is 16.7 Å². The molecule has 0 bridgehead atoms. The Labute approximate surface area is 94.0 Å². The van der Waals surface area contributed by atoms with Crippen LogP contribution in [0.3, 0.4) is 0 Å². The first-order chi connectivity index (χ1) is 7.24. The maximum atomic E-state index is 6.09. The average molecular weight is 227 g/mol. The Hall–Kier alpha value is -0.550. The zero-order chi connectivity index (χ0) is 10.7. The molecule has 1 aliphatic rings. The average Bonchev–Trinajstić information content (AvgIpc) is 2.64. The van der Waals surface area contributed by atoms with Gasteiger partial charge in [0.15, 0.2) is 5.82 Å². The maximum absolute atomic E-state index is 6.09. The summed E-state index contributed by atoms with van der Waals surface area (Å²) in [5.41, 5.74) is 5.77. The smallest absolute Gasteiger partial charge is 0.246 e. The van der Waals surface area contributed by atoms with Gasteiger partial charge in [0.1, 0.15) is 0 Å². The second kappa shape index (κ2) is 4.53. The van der Waals surface area contributed by atoms with E-state index in [-0.39, 0.29) is 5.54 Å². The molecule has 2 N–H and O–H groups in total. The number of hydrogen-bond acceptors (Lipinski definition) is 5. The molecule has 0 atom stereocenters. The lowest BCUT2D eigenvalue weighted by Gasteiger charge is -2.33. The molecule has 1 aromatic rings. The van der Waals surface area contributed by atoms with Crippen LogP contribution in [-0.2, 0) is 11.3 Å². The molecular formula is C10H17N3OS. The van der Waals surface area contributed by atoms with Gasteiger partial charge in [-0.3, -0.25) is 0 Å². The van der Waals surface area contributed by atoms with Gasteiger partial charge in [-0.15, -0.1) is 0 Å². The molecule has 84 valence electrons. The Kier molecular flexibility index (Phi) is 3.31. The molecule has 0 unspecified atom stereocenters. The third-order valence-corrected chi connectivity index (χ3v) is 3.88. The molecule has 1 aliphatic carbocycles. The summed E-state index contributed by atoms with van der Waals surface area (Å²) in [5.74, 6) is 3.37. The van der Waals surface area contributed by atoms with Gasteiger partial charge in [0.05, 0.1) is 11.3 Å². The third kappa shape index (κ3) is 2.34. The van der Waals surface area contributed by atoms with Crippen LogP contribution in [-0.4, -0.2) is 15.9 Å². The van der Waals surface area contributed by atoms with Crippen molar-refractivity contribution < 1.29 is 4.52 Å². The van der Waals surface area contributed by atoms with Crippen LogP contribution in [0.5, 0.6) is 0 Å². The summed E-state index contributed by atoms with van der Waals surface area (Å²) in [6.45, 7) is 2.16. The first-order valence-electron chi connectivity index (χ1n) is 5.44. The minimum absolute atomic E-state index is 0.319. The predicted molar refractivity (Wildman–Crippen MR) is 60.5 cm³/mol. The third-order valence-electron chi connectivity index (χ3n) is 2.72. The predicted octanol–water partition coefficient (Wildman–Crippen LogP) is 2.05. The number of nitrogens with zero attached hydrogens (tertiary/aromatic N) is 2. The molecule has 0 aliphatic heterocycles. The Morgan fingerprint density at radius 3 is 2.93 bits per heavy atom. The van der Waals surface area contributed by atoms with Crippen LogP contribution in [0.1, 0.15) is 44.3 Å². The van der Waals surface area contributed by atoms with Gasteiger partial charge in [-0.25, -0.2) is 0 Å². The van der Waals surface area contributed by atoms with Gasteiger partial charge in [0.2, 0.25) is 5.89 Å². The summed E-state index contributed by atoms with van der Waals surface area (Å²) < 4.78 is 5.20. The van der Waals surface area contributed by atoms with E-state index >= 15 is 0 Å². The lowest BCUT2D eigenvalue weighted by molar-refractivity contribution is 0.181. The molecule has 2 rings (SSSR count). The first-order valence-corrected chi connectivity index (χ1v) is 6.60. The van der Waals surface area contributed by atoms with E-state index in [0.29, 0.717) is 5.89 Å². The zero-order valence-corrected chi connectivity index (χ0v) is 9.85. The van der Waals surface area contributed by atoms with E-state index in [9.17, 15) is 0 Å². The summed E-state index contributed by atoms with van der Waals surface area (Å²) >= 11 is 1.83. The van der Waals surface area contributed by atoms with E-state index in [4.69, 9.17) is 10.3 Å². The summed E-state index contributed by atoms with van der Waals surface area (Å²) in [7, 11) is 0. The van der Waals surface area contributed by atoms with Crippen molar-refractivity contribution in [1.82, 2.24) is 10.1 Å². The van der Waals surface area contributed by atoms with Gasteiger partial charge in [0, 0.05) is 0 Å². The topological polar surface area (TPSA) is 64.9 Å². The molecule has 4 nitrogen and oxygen atoms in total. The van der Waals surface area contributed by atoms with Gasteiger partial charge in [-0.1, -0.05) is 12.1 Å². The summed E-state index contributed by atoms with van der Waals surface area (Å²) in [4.78, 5) is 4.35. The highest BCUT2D eigenvalue weighted by Gasteiger charge is 2.39. The highest BCUT2D eigenvalue weighted by atomic mass is 32.2. The molecule has 15 heavy (non-hydrogen) atoms. The molecular weight excluding hydrogens is 210 g/mol. The van der Waals surface area contributed by atoms with E-state index in [1.165, 1.54) is 12.8 Å². The lowest BCUT2D eigenvalue weighted by Crippen LogP contribution is -2.43. The van der Waals surface area contributed by atoms with Crippen molar-refractivity contribution in [3.05, 3.63) is 11.7 Å². The number of rotatable bonds is 5. The Balaban J connectivity index is 1.92. The molecule has 1 aromatic heterocycles. The molecule has 5 heteroatoms. The van der Waals surface area contributed by atoms with Gasteiger partial charge < -0.3 is 10.3 Å². The van der Waals surface area contributed by atoms with E-state index in [0.717, 1.165) is 30.2 Å². The molecule has 0 aromatic carbocycles. The van der Waals surface area contributed by atoms with Crippen LogP contribution >= 0.6 is 11.8 Å². The highest BCUT2D eigenvalue weighted by Crippen LogP contribution is 2.37. The van der Waals surface area contributed by atoms with Crippen LogP contribution in [0.25, 0.3) is 0 Å². The van der Waals surface area contributed by atoms with Crippen molar-refractivity contribution in [3.63, 3.8) is 0 Å². The Bertz CT molecular complexity index is 322. The number of thioether (sulfide) groups is 1. The van der Waals surface area contributed by atoms with E-state index in [2.05, 4.69) is 17.1 Å². The summed E-state index contributed by atoms with van der Waals surface area (Å²) in [6, 6.07) is 0. The minimum Gasteiger partial charge on any atom is -0.337 e. The monoisotopic (exact) mass is 227 g/mol. The van der Waals surface area contributed by atoms with Crippen LogP contribution in [0.15, 0.2) is 4.52 Å². The number of aromatic nitrogens is 2. The molecule has 1 heterocycles. The van der Waals surface area contributed by atoms with Gasteiger partial charge in [0.25, 0.3) is 0 Å². The van der Waals surface area contributed by atoms with Gasteiger partial charge in [-0.05, 0) is 31.4 Å². The standard InChI is InChI=1S/C10H17N3OS/c1-2-6-15-7-8-12-9(14-13-8)10(11)4-3-5-10/h2-7,11H2,1H3. The van der Waals surface area contributed by atoms with Crippen molar-refractivity contribution in [1.29, 1.82) is 0 Å². The normalized spacial score (nSPS) is 18.8. The quantitative estimate of drug-likeness (QED) is 0.780. The van der Waals surface area contributed by atoms with Crippen molar-refractivity contribution in [2.24, 2.45) is 5.73 Å². The molecule has 0 spiro atoms.